The third kappa shape index (κ3) is 4.59. The van der Waals surface area contributed by atoms with Crippen LogP contribution in [0.5, 0.6) is 0 Å². The predicted molar refractivity (Wildman–Crippen MR) is 149 cm³/mol. The number of likely N-dealkylation sites (N-methyl/N-ethyl adjacent to an activating group) is 1. The van der Waals surface area contributed by atoms with Crippen molar-refractivity contribution in [2.75, 3.05) is 18.9 Å². The molecule has 1 saturated heterocycles. The van der Waals surface area contributed by atoms with Crippen molar-refractivity contribution in [2.24, 2.45) is 0 Å². The Balaban J connectivity index is 1.31. The van der Waals surface area contributed by atoms with Crippen molar-refractivity contribution in [3.8, 4) is 22.5 Å². The number of amides is 2. The fourth-order valence-electron chi connectivity index (χ4n) is 5.10. The van der Waals surface area contributed by atoms with Crippen LogP contribution in [-0.4, -0.2) is 46.7 Å². The van der Waals surface area contributed by atoms with Gasteiger partial charge in [-0.05, 0) is 48.6 Å². The number of carboxylic acids is 1. The Morgan fingerprint density at radius 3 is 2.17 bits per heavy atom. The van der Waals surface area contributed by atoms with Gasteiger partial charge in [0.25, 0.3) is 0 Å². The summed E-state index contributed by atoms with van der Waals surface area (Å²) in [6.07, 6.45) is -1.06. The maximum atomic E-state index is 12.7. The molecule has 0 spiro atoms. The first-order chi connectivity index (χ1) is 19.1. The molecule has 1 fully saturated rings. The van der Waals surface area contributed by atoms with Gasteiger partial charge in [0.05, 0.1) is 0 Å². The molecule has 1 aliphatic rings. The first kappa shape index (κ1) is 26.7. The number of hydrogen-bond acceptors (Lipinski definition) is 6. The van der Waals surface area contributed by atoms with Crippen LogP contribution in [0.2, 0.25) is 0 Å². The monoisotopic (exact) mass is 539 g/mol. The number of carbonyl (C=O) groups excluding carboxylic acids is 2. The fourth-order valence-corrected chi connectivity index (χ4v) is 5.10. The minimum Gasteiger partial charge on any atom is -0.480 e. The summed E-state index contributed by atoms with van der Waals surface area (Å²) in [6, 6.07) is 22.2. The number of nitrogens with zero attached hydrogens (tertiary/aromatic N) is 2. The lowest BCUT2D eigenvalue weighted by Crippen LogP contribution is -2.66. The number of aliphatic carboxylic acids is 1. The van der Waals surface area contributed by atoms with Crippen molar-refractivity contribution in [1.82, 2.24) is 10.1 Å². The van der Waals surface area contributed by atoms with E-state index in [2.05, 4.69) is 10.5 Å². The van der Waals surface area contributed by atoms with E-state index in [1.54, 1.807) is 38.2 Å². The standard InChI is InChI=1S/C31H29N3O6/c1-18-7-5-6-8-25(18)20(3)39-30(38)32-26-19(2)33-40-27(26)23-11-9-21(10-12-23)22-13-15-24(16-14-22)31(29(36)37)17-34(4)28(31)35/h5-16,20H,17H2,1-4H3,(H,32,38)(H,36,37). The van der Waals surface area contributed by atoms with Crippen molar-refractivity contribution < 1.29 is 28.8 Å². The van der Waals surface area contributed by atoms with Gasteiger partial charge in [-0.2, -0.15) is 0 Å². The van der Waals surface area contributed by atoms with Gasteiger partial charge in [-0.25, -0.2) is 4.79 Å². The average Bonchev–Trinajstić information content (AvgIpc) is 3.30. The number of anilines is 1. The molecule has 2 N–H and O–H groups in total. The second-order valence-electron chi connectivity index (χ2n) is 10.0. The van der Waals surface area contributed by atoms with Crippen LogP contribution in [0, 0.1) is 13.8 Å². The molecular formula is C31H29N3O6. The smallest absolute Gasteiger partial charge is 0.412 e. The third-order valence-corrected chi connectivity index (χ3v) is 7.41. The average molecular weight is 540 g/mol. The van der Waals surface area contributed by atoms with Crippen molar-refractivity contribution in [3.05, 3.63) is 95.2 Å². The summed E-state index contributed by atoms with van der Waals surface area (Å²) in [5.74, 6) is -1.17. The molecule has 1 aliphatic heterocycles. The number of likely N-dealkylation sites (tertiary alicyclic amines) is 1. The zero-order valence-corrected chi connectivity index (χ0v) is 22.6. The predicted octanol–water partition coefficient (Wildman–Crippen LogP) is 5.73. The molecule has 204 valence electrons. The Hall–Kier alpha value is -4.92. The minimum absolute atomic E-state index is 0.139. The number of ether oxygens (including phenoxy) is 1. The van der Waals surface area contributed by atoms with Crippen LogP contribution < -0.4 is 5.32 Å². The Bertz CT molecular complexity index is 1590. The van der Waals surface area contributed by atoms with Crippen LogP contribution in [0.4, 0.5) is 10.5 Å². The van der Waals surface area contributed by atoms with Gasteiger partial charge >= 0.3 is 12.1 Å². The topological polar surface area (TPSA) is 122 Å². The largest absolute Gasteiger partial charge is 0.480 e. The number of aromatic nitrogens is 1. The fraction of sp³-hybridized carbons (Fsp3) is 0.226. The van der Waals surface area contributed by atoms with E-state index in [-0.39, 0.29) is 6.54 Å². The SMILES string of the molecule is Cc1ccccc1C(C)OC(=O)Nc1c(C)noc1-c1ccc(-c2ccc(C3(C(=O)O)CN(C)C3=O)cc2)cc1. The molecule has 2 unspecified atom stereocenters. The third-order valence-electron chi connectivity index (χ3n) is 7.41. The molecule has 4 aromatic rings. The Morgan fingerprint density at radius 2 is 1.60 bits per heavy atom. The number of carbonyl (C=O) groups is 3. The quantitative estimate of drug-likeness (QED) is 0.227. The first-order valence-corrected chi connectivity index (χ1v) is 12.8. The highest BCUT2D eigenvalue weighted by Crippen LogP contribution is 2.37. The van der Waals surface area contributed by atoms with Gasteiger partial charge in [-0.3, -0.25) is 14.9 Å². The lowest BCUT2D eigenvalue weighted by molar-refractivity contribution is -0.164. The molecule has 2 atom stereocenters. The van der Waals surface area contributed by atoms with E-state index in [4.69, 9.17) is 9.26 Å². The van der Waals surface area contributed by atoms with Crippen LogP contribution in [0.25, 0.3) is 22.5 Å². The lowest BCUT2D eigenvalue weighted by Gasteiger charge is -2.44. The van der Waals surface area contributed by atoms with E-state index in [1.165, 1.54) is 4.90 Å². The molecule has 2 heterocycles. The van der Waals surface area contributed by atoms with Crippen molar-refractivity contribution in [2.45, 2.75) is 32.3 Å². The summed E-state index contributed by atoms with van der Waals surface area (Å²) in [4.78, 5) is 38.4. The molecule has 9 nitrogen and oxygen atoms in total. The maximum absolute atomic E-state index is 12.7. The summed E-state index contributed by atoms with van der Waals surface area (Å²) in [5.41, 5.74) is 4.27. The van der Waals surface area contributed by atoms with E-state index in [0.717, 1.165) is 22.3 Å². The number of β-lactam (4-membered cyclic amide) rings is 1. The molecule has 0 bridgehead atoms. The van der Waals surface area contributed by atoms with Crippen molar-refractivity contribution in [1.29, 1.82) is 0 Å². The van der Waals surface area contributed by atoms with Crippen LogP contribution >= 0.6 is 0 Å². The molecule has 0 aliphatic carbocycles. The number of aryl methyl sites for hydroxylation is 2. The van der Waals surface area contributed by atoms with Crippen molar-refractivity contribution in [3.63, 3.8) is 0 Å². The summed E-state index contributed by atoms with van der Waals surface area (Å²) in [6.45, 7) is 5.66. The maximum Gasteiger partial charge on any atom is 0.412 e. The molecule has 9 heteroatoms. The second-order valence-corrected chi connectivity index (χ2v) is 10.0. The second kappa shape index (κ2) is 10.3. The number of nitrogens with one attached hydrogen (secondary N) is 1. The van der Waals surface area contributed by atoms with Crippen LogP contribution in [0.3, 0.4) is 0 Å². The highest BCUT2D eigenvalue weighted by atomic mass is 16.6. The molecular weight excluding hydrogens is 510 g/mol. The van der Waals surface area contributed by atoms with Crippen molar-refractivity contribution >= 4 is 23.7 Å². The van der Waals surface area contributed by atoms with E-state index < -0.39 is 29.5 Å². The summed E-state index contributed by atoms with van der Waals surface area (Å²) in [7, 11) is 1.59. The minimum atomic E-state index is -1.52. The van der Waals surface area contributed by atoms with Gasteiger partial charge in [0.2, 0.25) is 5.91 Å². The molecule has 1 aromatic heterocycles. The van der Waals surface area contributed by atoms with Gasteiger partial charge in [0.15, 0.2) is 11.2 Å². The van der Waals surface area contributed by atoms with E-state index >= 15 is 0 Å². The Morgan fingerprint density at radius 1 is 1.00 bits per heavy atom. The van der Waals surface area contributed by atoms with Gasteiger partial charge in [0, 0.05) is 19.2 Å². The number of carboxylic acid groups (broad SMARTS) is 1. The molecule has 40 heavy (non-hydrogen) atoms. The molecule has 0 saturated carbocycles. The van der Waals surface area contributed by atoms with Crippen LogP contribution in [0.1, 0.15) is 35.4 Å². The number of benzene rings is 3. The summed E-state index contributed by atoms with van der Waals surface area (Å²) >= 11 is 0. The van der Waals surface area contributed by atoms with Gasteiger partial charge in [-0.15, -0.1) is 0 Å². The van der Waals surface area contributed by atoms with Gasteiger partial charge < -0.3 is 19.3 Å². The molecule has 0 radical (unpaired) electrons. The lowest BCUT2D eigenvalue weighted by atomic mass is 9.73. The molecule has 2 amide bonds. The molecule has 3 aromatic carbocycles. The summed E-state index contributed by atoms with van der Waals surface area (Å²) < 4.78 is 11.1. The van der Waals surface area contributed by atoms with Gasteiger partial charge in [0.1, 0.15) is 17.5 Å². The van der Waals surface area contributed by atoms with Crippen LogP contribution in [0.15, 0.2) is 77.3 Å². The van der Waals surface area contributed by atoms with E-state index in [1.807, 2.05) is 62.4 Å². The summed E-state index contributed by atoms with van der Waals surface area (Å²) in [5, 5.41) is 16.5. The zero-order valence-electron chi connectivity index (χ0n) is 22.6. The van der Waals surface area contributed by atoms with E-state index in [0.29, 0.717) is 28.3 Å². The zero-order chi connectivity index (χ0) is 28.6. The van der Waals surface area contributed by atoms with Crippen LogP contribution in [-0.2, 0) is 19.7 Å². The normalized spacial score (nSPS) is 17.2. The Labute approximate surface area is 231 Å². The number of hydrogen-bond donors (Lipinski definition) is 2. The number of rotatable bonds is 7. The van der Waals surface area contributed by atoms with E-state index in [9.17, 15) is 19.5 Å². The highest BCUT2D eigenvalue weighted by Gasteiger charge is 2.58. The van der Waals surface area contributed by atoms with Gasteiger partial charge in [-0.1, -0.05) is 78.0 Å². The first-order valence-electron chi connectivity index (χ1n) is 12.8. The Kier molecular flexibility index (Phi) is 6.89. The molecule has 5 rings (SSSR count). The highest BCUT2D eigenvalue weighted by molar-refractivity contribution is 6.12.